The summed E-state index contributed by atoms with van der Waals surface area (Å²) in [6.07, 6.45) is 0. The molecule has 70 valence electrons. The van der Waals surface area contributed by atoms with Crippen LogP contribution in [0.15, 0.2) is 18.2 Å². The Morgan fingerprint density at radius 3 is 2.85 bits per heavy atom. The van der Waals surface area contributed by atoms with Gasteiger partial charge in [0, 0.05) is 24.8 Å². The second kappa shape index (κ2) is 3.95. The molecule has 0 N–H and O–H groups in total. The van der Waals surface area contributed by atoms with Gasteiger partial charge in [-0.05, 0) is 6.07 Å². The van der Waals surface area contributed by atoms with Crippen molar-refractivity contribution in [3.05, 3.63) is 39.7 Å². The number of nitrogens with zero attached hydrogens (tertiary/aromatic N) is 1. The number of hydrogen-bond acceptors (Lipinski definition) is 3. The molecule has 0 heterocycles. The number of nitro benzene ring substituents is 1. The number of hydrogen-bond donors (Lipinski definition) is 0. The molecule has 0 amide bonds. The second-order valence-corrected chi connectivity index (χ2v) is 2.47. The van der Waals surface area contributed by atoms with Gasteiger partial charge in [-0.2, -0.15) is 0 Å². The summed E-state index contributed by atoms with van der Waals surface area (Å²) in [5.74, 6) is -0.493. The normalized spacial score (nSPS) is 10.0. The lowest BCUT2D eigenvalue weighted by molar-refractivity contribution is -0.385. The summed E-state index contributed by atoms with van der Waals surface area (Å²) in [6.45, 7) is 0.0352. The second-order valence-electron chi connectivity index (χ2n) is 2.47. The van der Waals surface area contributed by atoms with Crippen LogP contribution in [0, 0.1) is 15.9 Å². The van der Waals surface area contributed by atoms with E-state index in [1.165, 1.54) is 13.2 Å². The lowest BCUT2D eigenvalue weighted by Gasteiger charge is -2.00. The zero-order valence-corrected chi connectivity index (χ0v) is 6.99. The van der Waals surface area contributed by atoms with Crippen LogP contribution >= 0.6 is 0 Å². The topological polar surface area (TPSA) is 52.4 Å². The first-order valence-electron chi connectivity index (χ1n) is 3.57. The van der Waals surface area contributed by atoms with Crippen LogP contribution in [0.3, 0.4) is 0 Å². The van der Waals surface area contributed by atoms with E-state index in [2.05, 4.69) is 4.74 Å². The van der Waals surface area contributed by atoms with Crippen LogP contribution in [0.2, 0.25) is 0 Å². The van der Waals surface area contributed by atoms with E-state index in [-0.39, 0.29) is 17.9 Å². The van der Waals surface area contributed by atoms with Gasteiger partial charge in [-0.1, -0.05) is 0 Å². The fourth-order valence-corrected chi connectivity index (χ4v) is 0.941. The van der Waals surface area contributed by atoms with Crippen molar-refractivity contribution in [2.24, 2.45) is 0 Å². The summed E-state index contributed by atoms with van der Waals surface area (Å²) in [5.41, 5.74) is 0.0603. The summed E-state index contributed by atoms with van der Waals surface area (Å²) in [6, 6.07) is 3.35. The highest BCUT2D eigenvalue weighted by Gasteiger charge is 2.09. The Hall–Kier alpha value is -1.49. The van der Waals surface area contributed by atoms with Gasteiger partial charge in [0.05, 0.1) is 11.5 Å². The molecule has 0 aliphatic carbocycles. The highest BCUT2D eigenvalue weighted by Crippen LogP contribution is 2.17. The molecule has 1 aromatic carbocycles. The highest BCUT2D eigenvalue weighted by molar-refractivity contribution is 5.34. The molecule has 0 aliphatic rings. The molecular formula is C8H8FNO3. The van der Waals surface area contributed by atoms with Gasteiger partial charge in [0.25, 0.3) is 5.69 Å². The number of nitro groups is 1. The summed E-state index contributed by atoms with van der Waals surface area (Å²) >= 11 is 0. The molecule has 0 fully saturated rings. The van der Waals surface area contributed by atoms with Crippen LogP contribution in [0.5, 0.6) is 0 Å². The van der Waals surface area contributed by atoms with Crippen LogP contribution in [-0.4, -0.2) is 12.0 Å². The lowest BCUT2D eigenvalue weighted by atomic mass is 10.2. The quantitative estimate of drug-likeness (QED) is 0.533. The van der Waals surface area contributed by atoms with Crippen LogP contribution in [0.1, 0.15) is 5.56 Å². The largest absolute Gasteiger partial charge is 0.380 e. The molecule has 0 saturated carbocycles. The Kier molecular flexibility index (Phi) is 2.92. The Labute approximate surface area is 74.1 Å². The predicted molar refractivity (Wildman–Crippen MR) is 43.8 cm³/mol. The van der Waals surface area contributed by atoms with Crippen LogP contribution in [0.25, 0.3) is 0 Å². The zero-order valence-electron chi connectivity index (χ0n) is 6.99. The van der Waals surface area contributed by atoms with Crippen molar-refractivity contribution in [3.8, 4) is 0 Å². The van der Waals surface area contributed by atoms with E-state index < -0.39 is 10.7 Å². The van der Waals surface area contributed by atoms with Gasteiger partial charge >= 0.3 is 0 Å². The van der Waals surface area contributed by atoms with Crippen molar-refractivity contribution < 1.29 is 14.1 Å². The third kappa shape index (κ3) is 2.22. The summed E-state index contributed by atoms with van der Waals surface area (Å²) in [4.78, 5) is 9.74. The lowest BCUT2D eigenvalue weighted by Crippen LogP contribution is -1.95. The SMILES string of the molecule is COCc1cc([N+](=O)[O-])ccc1F. The molecule has 0 radical (unpaired) electrons. The average molecular weight is 185 g/mol. The molecule has 1 aromatic rings. The van der Waals surface area contributed by atoms with Gasteiger partial charge in [-0.15, -0.1) is 0 Å². The molecular weight excluding hydrogens is 177 g/mol. The van der Waals surface area contributed by atoms with Crippen LogP contribution in [0.4, 0.5) is 10.1 Å². The van der Waals surface area contributed by atoms with Crippen molar-refractivity contribution in [1.82, 2.24) is 0 Å². The minimum absolute atomic E-state index is 0.0352. The molecule has 4 nitrogen and oxygen atoms in total. The molecule has 0 aliphatic heterocycles. The third-order valence-corrected chi connectivity index (χ3v) is 1.54. The smallest absolute Gasteiger partial charge is 0.269 e. The minimum atomic E-state index is -0.571. The van der Waals surface area contributed by atoms with Gasteiger partial charge in [0.1, 0.15) is 5.82 Å². The maximum Gasteiger partial charge on any atom is 0.269 e. The fourth-order valence-electron chi connectivity index (χ4n) is 0.941. The van der Waals surface area contributed by atoms with E-state index in [1.807, 2.05) is 0 Å². The first-order valence-corrected chi connectivity index (χ1v) is 3.57. The number of rotatable bonds is 3. The first kappa shape index (κ1) is 9.60. The first-order chi connectivity index (χ1) is 6.15. The van der Waals surface area contributed by atoms with Crippen molar-refractivity contribution in [2.45, 2.75) is 6.61 Å². The summed E-state index contributed by atoms with van der Waals surface area (Å²) in [7, 11) is 1.40. The highest BCUT2D eigenvalue weighted by atomic mass is 19.1. The van der Waals surface area contributed by atoms with Crippen LogP contribution in [-0.2, 0) is 11.3 Å². The summed E-state index contributed by atoms with van der Waals surface area (Å²) < 4.78 is 17.6. The van der Waals surface area contributed by atoms with Gasteiger partial charge in [-0.3, -0.25) is 10.1 Å². The van der Waals surface area contributed by atoms with Gasteiger partial charge < -0.3 is 4.74 Å². The van der Waals surface area contributed by atoms with Crippen LogP contribution < -0.4 is 0 Å². The van der Waals surface area contributed by atoms with Crippen molar-refractivity contribution >= 4 is 5.69 Å². The molecule has 0 saturated heterocycles. The van der Waals surface area contributed by atoms with Gasteiger partial charge in [0.2, 0.25) is 0 Å². The Balaban J connectivity index is 3.03. The van der Waals surface area contributed by atoms with E-state index in [0.717, 1.165) is 12.1 Å². The zero-order chi connectivity index (χ0) is 9.84. The molecule has 5 heteroatoms. The van der Waals surface area contributed by atoms with E-state index in [4.69, 9.17) is 0 Å². The predicted octanol–water partition coefficient (Wildman–Crippen LogP) is 1.88. The molecule has 1 rings (SSSR count). The molecule has 0 unspecified atom stereocenters. The fraction of sp³-hybridized carbons (Fsp3) is 0.250. The Morgan fingerprint density at radius 2 is 2.31 bits per heavy atom. The van der Waals surface area contributed by atoms with E-state index in [1.54, 1.807) is 0 Å². The Bertz CT molecular complexity index is 327. The average Bonchev–Trinajstić information content (AvgIpc) is 2.08. The Morgan fingerprint density at radius 1 is 1.62 bits per heavy atom. The molecule has 0 aromatic heterocycles. The van der Waals surface area contributed by atoms with E-state index >= 15 is 0 Å². The molecule has 0 bridgehead atoms. The number of benzene rings is 1. The maximum atomic E-state index is 12.9. The van der Waals surface area contributed by atoms with Crippen molar-refractivity contribution in [3.63, 3.8) is 0 Å². The van der Waals surface area contributed by atoms with Crippen molar-refractivity contribution in [2.75, 3.05) is 7.11 Å². The van der Waals surface area contributed by atoms with Gasteiger partial charge in [0.15, 0.2) is 0 Å². The van der Waals surface area contributed by atoms with Crippen molar-refractivity contribution in [1.29, 1.82) is 0 Å². The van der Waals surface area contributed by atoms with E-state index in [0.29, 0.717) is 0 Å². The molecule has 13 heavy (non-hydrogen) atoms. The number of non-ortho nitro benzene ring substituents is 1. The molecule has 0 atom stereocenters. The number of methoxy groups -OCH3 is 1. The van der Waals surface area contributed by atoms with Gasteiger partial charge in [-0.25, -0.2) is 4.39 Å². The third-order valence-electron chi connectivity index (χ3n) is 1.54. The standard InChI is InChI=1S/C8H8FNO3/c1-13-5-6-4-7(10(11)12)2-3-8(6)9/h2-4H,5H2,1H3. The monoisotopic (exact) mass is 185 g/mol. The minimum Gasteiger partial charge on any atom is -0.380 e. The van der Waals surface area contributed by atoms with E-state index in [9.17, 15) is 14.5 Å². The number of halogens is 1. The molecule has 0 spiro atoms. The maximum absolute atomic E-state index is 12.9. The summed E-state index contributed by atoms with van der Waals surface area (Å²) in [5, 5.41) is 10.3. The number of ether oxygens (including phenoxy) is 1.